The van der Waals surface area contributed by atoms with Crippen LogP contribution in [-0.2, 0) is 9.59 Å². The lowest BCUT2D eigenvalue weighted by atomic mass is 9.95. The van der Waals surface area contributed by atoms with E-state index in [0.717, 1.165) is 26.2 Å². The number of nitrogens with one attached hydrogen (secondary N) is 1. The number of ketones is 1. The lowest BCUT2D eigenvalue weighted by molar-refractivity contribution is -0.384. The van der Waals surface area contributed by atoms with Gasteiger partial charge >= 0.3 is 0 Å². The molecule has 0 bridgehead atoms. The number of piperazine rings is 1. The van der Waals surface area contributed by atoms with Crippen molar-refractivity contribution in [2.75, 3.05) is 39.3 Å². The fourth-order valence-electron chi connectivity index (χ4n) is 4.54. The molecule has 0 aromatic heterocycles. The molecule has 4 rings (SSSR count). The Labute approximate surface area is 209 Å². The number of Topliss-reactive ketones (excluding diaryl/α,β-unsaturated/α-hetero) is 1. The maximum Gasteiger partial charge on any atom is 0.295 e. The molecule has 2 aromatic carbocycles. The van der Waals surface area contributed by atoms with Crippen molar-refractivity contribution in [2.45, 2.75) is 26.0 Å². The van der Waals surface area contributed by atoms with Crippen LogP contribution in [0.5, 0.6) is 5.75 Å². The van der Waals surface area contributed by atoms with Crippen molar-refractivity contribution in [3.63, 3.8) is 0 Å². The molecular formula is C26H30N4O6. The van der Waals surface area contributed by atoms with Gasteiger partial charge in [0.25, 0.3) is 17.4 Å². The standard InChI is InChI=1S/C26H30N4O6/c1-17(2)36-21-9-5-19(6-10-21)24(31)22-23(18-3-7-20(8-4-18)30(34)35)29(26(33)25(22)32)16-15-28-13-11-27-12-14-28/h3-10,17,23,27,31H,11-16H2,1-2H3. The van der Waals surface area contributed by atoms with E-state index < -0.39 is 22.7 Å². The number of aliphatic hydroxyl groups is 1. The van der Waals surface area contributed by atoms with E-state index in [1.807, 2.05) is 13.8 Å². The van der Waals surface area contributed by atoms with E-state index in [1.54, 1.807) is 24.3 Å². The summed E-state index contributed by atoms with van der Waals surface area (Å²) in [4.78, 5) is 40.6. The van der Waals surface area contributed by atoms with Crippen molar-refractivity contribution in [3.05, 3.63) is 75.3 Å². The van der Waals surface area contributed by atoms with Crippen LogP contribution < -0.4 is 10.1 Å². The van der Waals surface area contributed by atoms with Gasteiger partial charge in [-0.2, -0.15) is 0 Å². The maximum atomic E-state index is 13.2. The van der Waals surface area contributed by atoms with Gasteiger partial charge in [0.05, 0.1) is 22.6 Å². The molecule has 2 aliphatic heterocycles. The number of nitrogens with zero attached hydrogens (tertiary/aromatic N) is 3. The van der Waals surface area contributed by atoms with E-state index in [1.165, 1.54) is 29.2 Å². The Bertz CT molecular complexity index is 1150. The Hall–Kier alpha value is -3.76. The number of likely N-dealkylation sites (tertiary alicyclic amines) is 1. The molecule has 10 nitrogen and oxygen atoms in total. The first kappa shape index (κ1) is 25.3. The highest BCUT2D eigenvalue weighted by Gasteiger charge is 2.46. The molecule has 0 spiro atoms. The van der Waals surface area contributed by atoms with Crippen LogP contribution in [0.15, 0.2) is 54.1 Å². The molecule has 1 unspecified atom stereocenters. The summed E-state index contributed by atoms with van der Waals surface area (Å²) in [5, 5.41) is 25.6. The third-order valence-corrected chi connectivity index (χ3v) is 6.33. The minimum absolute atomic E-state index is 0.0207. The van der Waals surface area contributed by atoms with Crippen LogP contribution in [0.25, 0.3) is 5.76 Å². The molecular weight excluding hydrogens is 464 g/mol. The number of nitro groups is 1. The number of amides is 1. The highest BCUT2D eigenvalue weighted by atomic mass is 16.6. The van der Waals surface area contributed by atoms with Gasteiger partial charge in [-0.25, -0.2) is 0 Å². The molecule has 0 radical (unpaired) electrons. The summed E-state index contributed by atoms with van der Waals surface area (Å²) in [6.07, 6.45) is -0.0207. The van der Waals surface area contributed by atoms with Crippen molar-refractivity contribution < 1.29 is 24.4 Å². The summed E-state index contributed by atoms with van der Waals surface area (Å²) in [7, 11) is 0. The van der Waals surface area contributed by atoms with Crippen molar-refractivity contribution in [1.29, 1.82) is 0 Å². The third kappa shape index (κ3) is 5.39. The van der Waals surface area contributed by atoms with Crippen LogP contribution in [0.4, 0.5) is 5.69 Å². The lowest BCUT2D eigenvalue weighted by Gasteiger charge is -2.31. The Morgan fingerprint density at radius 3 is 2.31 bits per heavy atom. The Morgan fingerprint density at radius 2 is 1.72 bits per heavy atom. The number of rotatable bonds is 8. The van der Waals surface area contributed by atoms with Gasteiger partial charge in [-0.1, -0.05) is 0 Å². The summed E-state index contributed by atoms with van der Waals surface area (Å²) in [5.41, 5.74) is 0.753. The quantitative estimate of drug-likeness (QED) is 0.189. The van der Waals surface area contributed by atoms with Gasteiger partial charge in [-0.15, -0.1) is 0 Å². The highest BCUT2D eigenvalue weighted by Crippen LogP contribution is 2.40. The molecule has 190 valence electrons. The molecule has 10 heteroatoms. The summed E-state index contributed by atoms with van der Waals surface area (Å²) in [6, 6.07) is 11.5. The van der Waals surface area contributed by atoms with Crippen LogP contribution in [-0.4, -0.2) is 76.9 Å². The topological polar surface area (TPSA) is 125 Å². The molecule has 2 fully saturated rings. The van der Waals surface area contributed by atoms with E-state index in [4.69, 9.17) is 4.74 Å². The molecule has 0 aliphatic carbocycles. The number of carbonyl (C=O) groups excluding carboxylic acids is 2. The van der Waals surface area contributed by atoms with Crippen LogP contribution in [0.2, 0.25) is 0 Å². The van der Waals surface area contributed by atoms with E-state index >= 15 is 0 Å². The second-order valence-electron chi connectivity index (χ2n) is 9.12. The lowest BCUT2D eigenvalue weighted by Crippen LogP contribution is -2.46. The van der Waals surface area contributed by atoms with Crippen molar-refractivity contribution in [1.82, 2.24) is 15.1 Å². The number of hydrogen-bond acceptors (Lipinski definition) is 8. The molecule has 1 amide bonds. The minimum atomic E-state index is -0.861. The summed E-state index contributed by atoms with van der Waals surface area (Å²) >= 11 is 0. The maximum absolute atomic E-state index is 13.2. The van der Waals surface area contributed by atoms with Crippen LogP contribution >= 0.6 is 0 Å². The highest BCUT2D eigenvalue weighted by molar-refractivity contribution is 6.46. The molecule has 2 heterocycles. The van der Waals surface area contributed by atoms with Gasteiger partial charge in [0.1, 0.15) is 11.5 Å². The van der Waals surface area contributed by atoms with E-state index in [2.05, 4.69) is 10.2 Å². The number of ether oxygens (including phenoxy) is 1. The van der Waals surface area contributed by atoms with E-state index in [0.29, 0.717) is 23.4 Å². The number of carbonyl (C=O) groups is 2. The monoisotopic (exact) mass is 494 g/mol. The normalized spacial score (nSPS) is 20.2. The van der Waals surface area contributed by atoms with E-state index in [-0.39, 0.29) is 29.7 Å². The number of benzene rings is 2. The molecule has 0 saturated carbocycles. The Balaban J connectivity index is 1.71. The van der Waals surface area contributed by atoms with Gasteiger partial charge in [-0.05, 0) is 55.8 Å². The largest absolute Gasteiger partial charge is 0.507 e. The van der Waals surface area contributed by atoms with Gasteiger partial charge < -0.3 is 20.1 Å². The Morgan fingerprint density at radius 1 is 1.08 bits per heavy atom. The summed E-state index contributed by atoms with van der Waals surface area (Å²) < 4.78 is 5.65. The van der Waals surface area contributed by atoms with Gasteiger partial charge in [-0.3, -0.25) is 24.6 Å². The van der Waals surface area contributed by atoms with Crippen molar-refractivity contribution >= 4 is 23.1 Å². The molecule has 2 aliphatic rings. The molecule has 2 aromatic rings. The summed E-state index contributed by atoms with van der Waals surface area (Å²) in [5.74, 6) is -1.16. The van der Waals surface area contributed by atoms with Gasteiger partial charge in [0.15, 0.2) is 0 Å². The van der Waals surface area contributed by atoms with Crippen molar-refractivity contribution in [3.8, 4) is 5.75 Å². The zero-order valence-corrected chi connectivity index (χ0v) is 20.3. The smallest absolute Gasteiger partial charge is 0.295 e. The number of aliphatic hydroxyl groups excluding tert-OH is 1. The zero-order valence-electron chi connectivity index (χ0n) is 20.3. The molecule has 2 saturated heterocycles. The first-order valence-electron chi connectivity index (χ1n) is 12.0. The molecule has 1 atom stereocenters. The predicted octanol–water partition coefficient (Wildman–Crippen LogP) is 2.71. The fraction of sp³-hybridized carbons (Fsp3) is 0.385. The average Bonchev–Trinajstić information content (AvgIpc) is 3.12. The second-order valence-corrected chi connectivity index (χ2v) is 9.12. The first-order valence-corrected chi connectivity index (χ1v) is 12.0. The molecule has 36 heavy (non-hydrogen) atoms. The average molecular weight is 495 g/mol. The minimum Gasteiger partial charge on any atom is -0.507 e. The SMILES string of the molecule is CC(C)Oc1ccc(C(O)=C2C(=O)C(=O)N(CCN3CCNCC3)C2c2ccc([N+](=O)[O-])cc2)cc1. The van der Waals surface area contributed by atoms with Gasteiger partial charge in [0.2, 0.25) is 0 Å². The number of nitro benzene ring substituents is 1. The van der Waals surface area contributed by atoms with Crippen LogP contribution in [0, 0.1) is 10.1 Å². The Kier molecular flexibility index (Phi) is 7.66. The second kappa shape index (κ2) is 10.9. The summed E-state index contributed by atoms with van der Waals surface area (Å²) in [6.45, 7) is 8.01. The predicted molar refractivity (Wildman–Crippen MR) is 134 cm³/mol. The van der Waals surface area contributed by atoms with E-state index in [9.17, 15) is 24.8 Å². The third-order valence-electron chi connectivity index (χ3n) is 6.33. The molecule has 2 N–H and O–H groups in total. The van der Waals surface area contributed by atoms with Crippen molar-refractivity contribution in [2.24, 2.45) is 0 Å². The zero-order chi connectivity index (χ0) is 25.8. The fourth-order valence-corrected chi connectivity index (χ4v) is 4.54. The van der Waals surface area contributed by atoms with Crippen LogP contribution in [0.1, 0.15) is 31.0 Å². The van der Waals surface area contributed by atoms with Crippen LogP contribution in [0.3, 0.4) is 0 Å². The number of hydrogen-bond donors (Lipinski definition) is 2. The number of non-ortho nitro benzene ring substituents is 1. The first-order chi connectivity index (χ1) is 17.3. The van der Waals surface area contributed by atoms with Gasteiger partial charge in [0, 0.05) is 57.0 Å².